The van der Waals surface area contributed by atoms with Gasteiger partial charge >= 0.3 is 6.09 Å². The van der Waals surface area contributed by atoms with E-state index in [4.69, 9.17) is 4.74 Å². The Bertz CT molecular complexity index is 429. The van der Waals surface area contributed by atoms with Crippen molar-refractivity contribution in [3.8, 4) is 0 Å². The van der Waals surface area contributed by atoms with Crippen LogP contribution in [0.25, 0.3) is 0 Å². The van der Waals surface area contributed by atoms with Gasteiger partial charge in [0.1, 0.15) is 0 Å². The largest absolute Gasteiger partial charge is 0.450 e. The molecule has 1 amide bonds. The molecule has 1 N–H and O–H groups in total. The number of amides is 1. The van der Waals surface area contributed by atoms with Crippen LogP contribution in [0.4, 0.5) is 4.79 Å². The second-order valence-corrected chi connectivity index (χ2v) is 7.33. The molecule has 0 aliphatic rings. The van der Waals surface area contributed by atoms with Gasteiger partial charge in [0.15, 0.2) is 0 Å². The molecular formula is C18H31NO2S. The zero-order valence-corrected chi connectivity index (χ0v) is 15.2. The van der Waals surface area contributed by atoms with Crippen molar-refractivity contribution < 1.29 is 9.53 Å². The lowest BCUT2D eigenvalue weighted by molar-refractivity contribution is 0.144. The number of aryl methyl sites for hydroxylation is 2. The summed E-state index contributed by atoms with van der Waals surface area (Å²) in [5, 5.41) is 2.83. The van der Waals surface area contributed by atoms with Crippen molar-refractivity contribution in [2.75, 3.05) is 13.2 Å². The van der Waals surface area contributed by atoms with Crippen LogP contribution in [0.5, 0.6) is 0 Å². The van der Waals surface area contributed by atoms with Crippen LogP contribution in [0.15, 0.2) is 6.07 Å². The summed E-state index contributed by atoms with van der Waals surface area (Å²) in [5.41, 5.74) is 1.33. The lowest BCUT2D eigenvalue weighted by atomic mass is 10.1. The van der Waals surface area contributed by atoms with Gasteiger partial charge < -0.3 is 10.1 Å². The summed E-state index contributed by atoms with van der Waals surface area (Å²) < 4.78 is 5.20. The minimum absolute atomic E-state index is 0.282. The van der Waals surface area contributed by atoms with Crippen LogP contribution < -0.4 is 5.32 Å². The van der Waals surface area contributed by atoms with Gasteiger partial charge in [0.05, 0.1) is 6.61 Å². The number of hydrogen-bond donors (Lipinski definition) is 1. The lowest BCUT2D eigenvalue weighted by Crippen LogP contribution is -2.26. The van der Waals surface area contributed by atoms with Gasteiger partial charge in [0.2, 0.25) is 0 Å². The molecule has 1 aromatic heterocycles. The van der Waals surface area contributed by atoms with Gasteiger partial charge in [0.25, 0.3) is 0 Å². The molecule has 1 aromatic rings. The Morgan fingerprint density at radius 1 is 1.14 bits per heavy atom. The first-order chi connectivity index (χ1) is 10.6. The third-order valence-corrected chi connectivity index (χ3v) is 4.80. The summed E-state index contributed by atoms with van der Waals surface area (Å²) >= 11 is 1.81. The minimum Gasteiger partial charge on any atom is -0.450 e. The van der Waals surface area contributed by atoms with Crippen molar-refractivity contribution in [1.29, 1.82) is 0 Å². The Balaban J connectivity index is 1.96. The van der Waals surface area contributed by atoms with Crippen LogP contribution in [0.2, 0.25) is 0 Å². The number of unbranched alkanes of at least 4 members (excludes halogenated alkanes) is 6. The molecule has 0 atom stereocenters. The minimum atomic E-state index is -0.282. The number of thiophene rings is 1. The lowest BCUT2D eigenvalue weighted by Gasteiger charge is -2.07. The van der Waals surface area contributed by atoms with Crippen LogP contribution in [0.1, 0.15) is 67.2 Å². The number of nitrogens with one attached hydrogen (secondary N) is 1. The molecule has 126 valence electrons. The number of rotatable bonds is 11. The zero-order chi connectivity index (χ0) is 16.2. The molecule has 0 aromatic carbocycles. The molecule has 1 heterocycles. The first-order valence-electron chi connectivity index (χ1n) is 8.60. The van der Waals surface area contributed by atoms with Crippen LogP contribution in [-0.2, 0) is 11.2 Å². The fourth-order valence-electron chi connectivity index (χ4n) is 2.51. The maximum atomic E-state index is 11.6. The molecule has 0 bridgehead atoms. The van der Waals surface area contributed by atoms with E-state index in [2.05, 4.69) is 32.2 Å². The summed E-state index contributed by atoms with van der Waals surface area (Å²) in [6.45, 7) is 7.66. The van der Waals surface area contributed by atoms with Crippen molar-refractivity contribution in [2.45, 2.75) is 72.1 Å². The topological polar surface area (TPSA) is 38.3 Å². The van der Waals surface area contributed by atoms with Gasteiger partial charge in [-0.1, -0.05) is 45.4 Å². The number of carbonyl (C=O) groups excluding carboxylic acids is 1. The normalized spacial score (nSPS) is 10.7. The van der Waals surface area contributed by atoms with E-state index < -0.39 is 0 Å². The third-order valence-electron chi connectivity index (χ3n) is 3.79. The van der Waals surface area contributed by atoms with Gasteiger partial charge in [-0.15, -0.1) is 11.3 Å². The molecule has 0 fully saturated rings. The summed E-state index contributed by atoms with van der Waals surface area (Å²) in [5.74, 6) is 0. The van der Waals surface area contributed by atoms with Crippen molar-refractivity contribution in [2.24, 2.45) is 0 Å². The summed E-state index contributed by atoms with van der Waals surface area (Å²) in [4.78, 5) is 14.2. The summed E-state index contributed by atoms with van der Waals surface area (Å²) in [6, 6.07) is 2.20. The fourth-order valence-corrected chi connectivity index (χ4v) is 3.48. The molecule has 0 unspecified atom stereocenters. The molecule has 0 spiro atoms. The van der Waals surface area contributed by atoms with Crippen molar-refractivity contribution in [3.63, 3.8) is 0 Å². The average molecular weight is 326 g/mol. The second-order valence-electron chi connectivity index (χ2n) is 5.87. The molecule has 0 saturated carbocycles. The standard InChI is InChI=1S/C18H31NO2S/c1-4-5-6-7-8-9-10-13-21-18(20)19-12-11-17-14-15(2)22-16(17)3/h14H,4-13H2,1-3H3,(H,19,20). The maximum absolute atomic E-state index is 11.6. The van der Waals surface area contributed by atoms with Crippen LogP contribution >= 0.6 is 11.3 Å². The number of alkyl carbamates (subject to hydrolysis) is 1. The first kappa shape index (κ1) is 19.0. The molecule has 0 saturated heterocycles. The first-order valence-corrected chi connectivity index (χ1v) is 9.41. The molecule has 1 rings (SSSR count). The highest BCUT2D eigenvalue weighted by atomic mass is 32.1. The smallest absolute Gasteiger partial charge is 0.407 e. The maximum Gasteiger partial charge on any atom is 0.407 e. The van der Waals surface area contributed by atoms with Crippen LogP contribution in [0.3, 0.4) is 0 Å². The predicted molar refractivity (Wildman–Crippen MR) is 94.8 cm³/mol. The van der Waals surface area contributed by atoms with E-state index >= 15 is 0 Å². The van der Waals surface area contributed by atoms with Crippen molar-refractivity contribution in [1.82, 2.24) is 5.32 Å². The molecule has 22 heavy (non-hydrogen) atoms. The number of ether oxygens (including phenoxy) is 1. The molecule has 0 aliphatic heterocycles. The van der Waals surface area contributed by atoms with E-state index in [-0.39, 0.29) is 6.09 Å². The highest BCUT2D eigenvalue weighted by Gasteiger charge is 2.05. The Labute approximate surface area is 139 Å². The second kappa shape index (κ2) is 11.5. The van der Waals surface area contributed by atoms with E-state index in [0.29, 0.717) is 13.2 Å². The molecule has 0 aliphatic carbocycles. The van der Waals surface area contributed by atoms with Gasteiger partial charge in [-0.05, 0) is 38.3 Å². The highest BCUT2D eigenvalue weighted by molar-refractivity contribution is 7.12. The fraction of sp³-hybridized carbons (Fsp3) is 0.722. The van der Waals surface area contributed by atoms with Crippen LogP contribution in [0, 0.1) is 13.8 Å². The Kier molecular flexibility index (Phi) is 9.96. The monoisotopic (exact) mass is 325 g/mol. The van der Waals surface area contributed by atoms with E-state index in [0.717, 1.165) is 19.3 Å². The van der Waals surface area contributed by atoms with E-state index in [9.17, 15) is 4.79 Å². The van der Waals surface area contributed by atoms with Gasteiger partial charge in [-0.25, -0.2) is 4.79 Å². The highest BCUT2D eigenvalue weighted by Crippen LogP contribution is 2.20. The van der Waals surface area contributed by atoms with Gasteiger partial charge in [-0.2, -0.15) is 0 Å². The Hall–Kier alpha value is -1.03. The molecule has 0 radical (unpaired) electrons. The van der Waals surface area contributed by atoms with Crippen molar-refractivity contribution >= 4 is 17.4 Å². The quantitative estimate of drug-likeness (QED) is 0.554. The van der Waals surface area contributed by atoms with Crippen molar-refractivity contribution in [3.05, 3.63) is 21.4 Å². The predicted octanol–water partition coefficient (Wildman–Crippen LogP) is 5.38. The van der Waals surface area contributed by atoms with E-state index in [1.165, 1.54) is 47.4 Å². The van der Waals surface area contributed by atoms with Gasteiger partial charge in [0, 0.05) is 16.3 Å². The zero-order valence-electron chi connectivity index (χ0n) is 14.4. The number of carbonyl (C=O) groups is 1. The summed E-state index contributed by atoms with van der Waals surface area (Å²) in [7, 11) is 0. The van der Waals surface area contributed by atoms with Crippen LogP contribution in [-0.4, -0.2) is 19.2 Å². The van der Waals surface area contributed by atoms with E-state index in [1.807, 2.05) is 11.3 Å². The number of hydrogen-bond acceptors (Lipinski definition) is 3. The SMILES string of the molecule is CCCCCCCCCOC(=O)NCCc1cc(C)sc1C. The Morgan fingerprint density at radius 2 is 1.82 bits per heavy atom. The molecule has 3 nitrogen and oxygen atoms in total. The molecular weight excluding hydrogens is 294 g/mol. The summed E-state index contributed by atoms with van der Waals surface area (Å²) in [6.07, 6.45) is 9.24. The Morgan fingerprint density at radius 3 is 2.45 bits per heavy atom. The molecule has 4 heteroatoms. The van der Waals surface area contributed by atoms with Gasteiger partial charge in [-0.3, -0.25) is 0 Å². The van der Waals surface area contributed by atoms with E-state index in [1.54, 1.807) is 0 Å². The average Bonchev–Trinajstić information content (AvgIpc) is 2.80. The third kappa shape index (κ3) is 8.42.